The van der Waals surface area contributed by atoms with Crippen LogP contribution < -0.4 is 5.32 Å². The minimum Gasteiger partial charge on any atom is -0.345 e. The normalized spacial score (nSPS) is 11.2. The van der Waals surface area contributed by atoms with Crippen LogP contribution in [0.4, 0.5) is 11.6 Å². The zero-order valence-electron chi connectivity index (χ0n) is 13.1. The first-order valence-corrected chi connectivity index (χ1v) is 8.74. The van der Waals surface area contributed by atoms with E-state index in [1.165, 1.54) is 10.1 Å². The summed E-state index contributed by atoms with van der Waals surface area (Å²) in [4.78, 5) is 16.4. The number of imidazole rings is 1. The number of anilines is 2. The predicted octanol–water partition coefficient (Wildman–Crippen LogP) is 4.98. The summed E-state index contributed by atoms with van der Waals surface area (Å²) in [5, 5.41) is 6.60. The molecule has 2 N–H and O–H groups in total. The van der Waals surface area contributed by atoms with Gasteiger partial charge in [-0.2, -0.15) is 0 Å². The van der Waals surface area contributed by atoms with Crippen LogP contribution >= 0.6 is 11.3 Å². The number of nitrogens with zero attached hydrogens (tertiary/aromatic N) is 3. The number of thiophene rings is 1. The van der Waals surface area contributed by atoms with Crippen molar-refractivity contribution in [2.45, 2.75) is 0 Å². The maximum Gasteiger partial charge on any atom is 0.227 e. The molecule has 0 aliphatic rings. The number of fused-ring (bicyclic) bond motifs is 2. The molecule has 5 aromatic rings. The van der Waals surface area contributed by atoms with Gasteiger partial charge in [-0.05, 0) is 53.2 Å². The molecule has 0 spiro atoms. The summed E-state index contributed by atoms with van der Waals surface area (Å²) in [5.74, 6) is 0.580. The summed E-state index contributed by atoms with van der Waals surface area (Å²) in [6, 6.07) is 16.3. The Hall–Kier alpha value is -3.25. The molecule has 0 radical (unpaired) electrons. The number of hydrogen-bond donors (Lipinski definition) is 2. The van der Waals surface area contributed by atoms with Gasteiger partial charge in [-0.3, -0.25) is 0 Å². The summed E-state index contributed by atoms with van der Waals surface area (Å²) >= 11 is 1.74. The zero-order chi connectivity index (χ0) is 16.6. The molecule has 0 aliphatic heterocycles. The molecule has 0 unspecified atom stereocenters. The van der Waals surface area contributed by atoms with Crippen molar-refractivity contribution in [2.24, 2.45) is 0 Å². The van der Waals surface area contributed by atoms with E-state index in [-0.39, 0.29) is 0 Å². The van der Waals surface area contributed by atoms with Gasteiger partial charge < -0.3 is 10.3 Å². The summed E-state index contributed by atoms with van der Waals surface area (Å²) in [7, 11) is 0. The van der Waals surface area contributed by atoms with E-state index in [1.54, 1.807) is 23.9 Å². The highest BCUT2D eigenvalue weighted by atomic mass is 32.1. The van der Waals surface area contributed by atoms with E-state index >= 15 is 0 Å². The number of nitrogens with one attached hydrogen (secondary N) is 2. The van der Waals surface area contributed by atoms with Gasteiger partial charge in [0.2, 0.25) is 5.95 Å². The predicted molar refractivity (Wildman–Crippen MR) is 102 cm³/mol. The van der Waals surface area contributed by atoms with E-state index in [2.05, 4.69) is 48.8 Å². The number of benzene rings is 2. The Morgan fingerprint density at radius 2 is 1.96 bits per heavy atom. The van der Waals surface area contributed by atoms with Gasteiger partial charge in [-0.25, -0.2) is 15.0 Å². The van der Waals surface area contributed by atoms with Crippen molar-refractivity contribution in [1.29, 1.82) is 0 Å². The van der Waals surface area contributed by atoms with E-state index in [0.29, 0.717) is 5.95 Å². The van der Waals surface area contributed by atoms with E-state index in [0.717, 1.165) is 28.0 Å². The van der Waals surface area contributed by atoms with Gasteiger partial charge in [-0.15, -0.1) is 11.3 Å². The number of hydrogen-bond acceptors (Lipinski definition) is 5. The van der Waals surface area contributed by atoms with Crippen molar-refractivity contribution in [3.8, 4) is 11.3 Å². The average molecular weight is 343 g/mol. The molecule has 3 aromatic heterocycles. The SMILES string of the molecule is c1cc(-c2ccc3nc[nH]c3c2)nc(Nc2ccc3sccc3c2)n1. The quantitative estimate of drug-likeness (QED) is 0.485. The molecule has 6 heteroatoms. The first kappa shape index (κ1) is 14.1. The van der Waals surface area contributed by atoms with Gasteiger partial charge in [0, 0.05) is 22.1 Å². The van der Waals surface area contributed by atoms with Crippen LogP contribution in [0.3, 0.4) is 0 Å². The highest BCUT2D eigenvalue weighted by Gasteiger charge is 2.06. The summed E-state index contributed by atoms with van der Waals surface area (Å²) < 4.78 is 1.27. The molecule has 0 bridgehead atoms. The van der Waals surface area contributed by atoms with E-state index < -0.39 is 0 Å². The maximum absolute atomic E-state index is 4.64. The van der Waals surface area contributed by atoms with Gasteiger partial charge in [0.05, 0.1) is 23.1 Å². The molecule has 0 saturated carbocycles. The van der Waals surface area contributed by atoms with Crippen LogP contribution in [0.2, 0.25) is 0 Å². The average Bonchev–Trinajstić information content (AvgIpc) is 3.30. The lowest BCUT2D eigenvalue weighted by molar-refractivity contribution is 1.17. The van der Waals surface area contributed by atoms with Crippen molar-refractivity contribution < 1.29 is 0 Å². The number of rotatable bonds is 3. The third kappa shape index (κ3) is 2.62. The minimum absolute atomic E-state index is 0.580. The zero-order valence-corrected chi connectivity index (χ0v) is 13.9. The lowest BCUT2D eigenvalue weighted by Gasteiger charge is -2.07. The molecule has 0 fully saturated rings. The Morgan fingerprint density at radius 1 is 0.960 bits per heavy atom. The molecular formula is C19H13N5S. The molecule has 120 valence electrons. The van der Waals surface area contributed by atoms with Crippen LogP contribution in [-0.4, -0.2) is 19.9 Å². The Kier molecular flexibility index (Phi) is 3.21. The van der Waals surface area contributed by atoms with Gasteiger partial charge in [0.25, 0.3) is 0 Å². The highest BCUT2D eigenvalue weighted by molar-refractivity contribution is 7.17. The first-order valence-electron chi connectivity index (χ1n) is 7.86. The topological polar surface area (TPSA) is 66.5 Å². The van der Waals surface area contributed by atoms with Gasteiger partial charge in [0.15, 0.2) is 0 Å². The molecule has 3 heterocycles. The molecule has 5 nitrogen and oxygen atoms in total. The van der Waals surface area contributed by atoms with Gasteiger partial charge in [-0.1, -0.05) is 6.07 Å². The van der Waals surface area contributed by atoms with Crippen LogP contribution in [0, 0.1) is 0 Å². The standard InChI is InChI=1S/C19H13N5S/c1-3-16-17(22-11-21-16)10-12(1)15-5-7-20-19(24-15)23-14-2-4-18-13(9-14)6-8-25-18/h1-11H,(H,21,22)(H,20,23,24). The van der Waals surface area contributed by atoms with Crippen LogP contribution in [0.25, 0.3) is 32.4 Å². The van der Waals surface area contributed by atoms with Crippen molar-refractivity contribution in [3.05, 3.63) is 66.4 Å². The Morgan fingerprint density at radius 3 is 2.96 bits per heavy atom. The fraction of sp³-hybridized carbons (Fsp3) is 0. The van der Waals surface area contributed by atoms with Crippen molar-refractivity contribution >= 4 is 44.1 Å². The smallest absolute Gasteiger partial charge is 0.227 e. The van der Waals surface area contributed by atoms with E-state index in [1.807, 2.05) is 30.3 Å². The van der Waals surface area contributed by atoms with E-state index in [9.17, 15) is 0 Å². The molecule has 25 heavy (non-hydrogen) atoms. The lowest BCUT2D eigenvalue weighted by Crippen LogP contribution is -1.97. The van der Waals surface area contributed by atoms with Crippen molar-refractivity contribution in [1.82, 2.24) is 19.9 Å². The summed E-state index contributed by atoms with van der Waals surface area (Å²) in [6.45, 7) is 0. The Bertz CT molecular complexity index is 1190. The van der Waals surface area contributed by atoms with Gasteiger partial charge >= 0.3 is 0 Å². The maximum atomic E-state index is 4.64. The third-order valence-corrected chi connectivity index (χ3v) is 4.98. The molecule has 0 atom stereocenters. The van der Waals surface area contributed by atoms with E-state index in [4.69, 9.17) is 0 Å². The van der Waals surface area contributed by atoms with Crippen molar-refractivity contribution in [3.63, 3.8) is 0 Å². The Balaban J connectivity index is 1.49. The second kappa shape index (κ2) is 5.68. The fourth-order valence-corrected chi connectivity index (χ4v) is 3.62. The lowest BCUT2D eigenvalue weighted by atomic mass is 10.1. The van der Waals surface area contributed by atoms with Crippen LogP contribution in [0.15, 0.2) is 66.4 Å². The molecule has 0 saturated heterocycles. The van der Waals surface area contributed by atoms with Crippen LogP contribution in [0.5, 0.6) is 0 Å². The molecule has 2 aromatic carbocycles. The molecular weight excluding hydrogens is 330 g/mol. The second-order valence-corrected chi connectivity index (χ2v) is 6.65. The number of H-pyrrole nitrogens is 1. The minimum atomic E-state index is 0.580. The summed E-state index contributed by atoms with van der Waals surface area (Å²) in [5.41, 5.74) is 4.81. The van der Waals surface area contributed by atoms with Gasteiger partial charge in [0.1, 0.15) is 0 Å². The third-order valence-electron chi connectivity index (χ3n) is 4.08. The van der Waals surface area contributed by atoms with Crippen molar-refractivity contribution in [2.75, 3.05) is 5.32 Å². The fourth-order valence-electron chi connectivity index (χ4n) is 2.85. The molecule has 0 aliphatic carbocycles. The number of aromatic nitrogens is 4. The van der Waals surface area contributed by atoms with Crippen LogP contribution in [0.1, 0.15) is 0 Å². The Labute approximate surface area is 147 Å². The van der Waals surface area contributed by atoms with Crippen LogP contribution in [-0.2, 0) is 0 Å². The second-order valence-electron chi connectivity index (χ2n) is 5.70. The largest absolute Gasteiger partial charge is 0.345 e. The molecule has 5 rings (SSSR count). The first-order chi connectivity index (χ1) is 12.3. The monoisotopic (exact) mass is 343 g/mol. The molecule has 0 amide bonds. The number of aromatic amines is 1. The highest BCUT2D eigenvalue weighted by Crippen LogP contribution is 2.26. The summed E-state index contributed by atoms with van der Waals surface area (Å²) in [6.07, 6.45) is 3.47.